The number of hydrogen-bond acceptors (Lipinski definition) is 3. The van der Waals surface area contributed by atoms with Crippen molar-refractivity contribution in [3.05, 3.63) is 0 Å². The van der Waals surface area contributed by atoms with Crippen molar-refractivity contribution >= 4 is 23.7 Å². The van der Waals surface area contributed by atoms with Crippen molar-refractivity contribution < 1.29 is 9.59 Å². The van der Waals surface area contributed by atoms with Crippen molar-refractivity contribution in [3.8, 4) is 0 Å². The molecule has 0 saturated carbocycles. The van der Waals surface area contributed by atoms with Crippen LogP contribution in [0.15, 0.2) is 0 Å². The Bertz CT molecular complexity index is 261. The first-order chi connectivity index (χ1) is 6.12. The summed E-state index contributed by atoms with van der Waals surface area (Å²) in [5.74, 6) is 0.901. The minimum Gasteiger partial charge on any atom is -0.325 e. The van der Waals surface area contributed by atoms with Crippen LogP contribution in [-0.2, 0) is 4.79 Å². The third-order valence-corrected chi connectivity index (χ3v) is 4.23. The molecule has 2 N–H and O–H groups in total. The molecule has 4 nitrogen and oxygen atoms in total. The topological polar surface area (TPSA) is 58.2 Å². The van der Waals surface area contributed by atoms with Gasteiger partial charge in [-0.25, -0.2) is 4.79 Å². The van der Waals surface area contributed by atoms with E-state index in [1.807, 2.05) is 6.92 Å². The van der Waals surface area contributed by atoms with Crippen molar-refractivity contribution in [2.75, 3.05) is 5.75 Å². The third-order valence-electron chi connectivity index (χ3n) is 2.63. The van der Waals surface area contributed by atoms with Gasteiger partial charge in [0.05, 0.1) is 0 Å². The van der Waals surface area contributed by atoms with Crippen molar-refractivity contribution in [1.29, 1.82) is 0 Å². The van der Waals surface area contributed by atoms with Gasteiger partial charge in [-0.2, -0.15) is 11.8 Å². The lowest BCUT2D eigenvalue weighted by molar-refractivity contribution is -0.120. The summed E-state index contributed by atoms with van der Waals surface area (Å²) in [6, 6.07) is -0.698. The fraction of sp³-hybridized carbons (Fsp3) is 0.750. The van der Waals surface area contributed by atoms with E-state index in [0.29, 0.717) is 0 Å². The second-order valence-corrected chi connectivity index (χ2v) is 5.29. The molecule has 0 aliphatic carbocycles. The van der Waals surface area contributed by atoms with Gasteiger partial charge >= 0.3 is 6.03 Å². The highest BCUT2D eigenvalue weighted by atomic mass is 32.2. The molecule has 2 atom stereocenters. The fourth-order valence-electron chi connectivity index (χ4n) is 1.88. The smallest absolute Gasteiger partial charge is 0.322 e. The first-order valence-corrected chi connectivity index (χ1v) is 5.36. The molecule has 3 amide bonds. The molecule has 2 heterocycles. The molecule has 0 aromatic rings. The molecule has 2 aliphatic heterocycles. The minimum absolute atomic E-state index is 0.101. The quantitative estimate of drug-likeness (QED) is 0.605. The summed E-state index contributed by atoms with van der Waals surface area (Å²) in [5.41, 5.74) is 0. The van der Waals surface area contributed by atoms with Gasteiger partial charge in [0, 0.05) is 4.75 Å². The van der Waals surface area contributed by atoms with Crippen LogP contribution in [-0.4, -0.2) is 28.5 Å². The molecule has 0 bridgehead atoms. The minimum atomic E-state index is -0.358. The van der Waals surface area contributed by atoms with E-state index in [4.69, 9.17) is 0 Å². The lowest BCUT2D eigenvalue weighted by atomic mass is 9.96. The van der Waals surface area contributed by atoms with Crippen LogP contribution in [0.25, 0.3) is 0 Å². The number of imide groups is 1. The van der Waals surface area contributed by atoms with Crippen LogP contribution in [0.2, 0.25) is 0 Å². The van der Waals surface area contributed by atoms with Crippen molar-refractivity contribution in [2.45, 2.75) is 30.6 Å². The molecule has 72 valence electrons. The Kier molecular flexibility index (Phi) is 1.98. The van der Waals surface area contributed by atoms with E-state index >= 15 is 0 Å². The fourth-order valence-corrected chi connectivity index (χ4v) is 3.25. The van der Waals surface area contributed by atoms with Gasteiger partial charge in [0.2, 0.25) is 0 Å². The van der Waals surface area contributed by atoms with Gasteiger partial charge in [0.15, 0.2) is 0 Å². The van der Waals surface area contributed by atoms with E-state index in [-0.39, 0.29) is 22.7 Å². The van der Waals surface area contributed by atoms with Crippen LogP contribution in [0.1, 0.15) is 19.8 Å². The second-order valence-electron chi connectivity index (χ2n) is 3.66. The molecule has 0 aromatic heterocycles. The summed E-state index contributed by atoms with van der Waals surface area (Å²) >= 11 is 1.77. The molecule has 2 saturated heterocycles. The van der Waals surface area contributed by atoms with E-state index in [1.165, 1.54) is 0 Å². The summed E-state index contributed by atoms with van der Waals surface area (Å²) in [6.45, 7) is 2.04. The molecular weight excluding hydrogens is 188 g/mol. The summed E-state index contributed by atoms with van der Waals surface area (Å²) in [7, 11) is 0. The molecular formula is C8H12N2O2S. The molecule has 0 radical (unpaired) electrons. The predicted molar refractivity (Wildman–Crippen MR) is 50.6 cm³/mol. The number of carbonyl (C=O) groups excluding carboxylic acids is 2. The highest BCUT2D eigenvalue weighted by molar-refractivity contribution is 8.01. The number of rotatable bonds is 1. The zero-order chi connectivity index (χ0) is 9.47. The van der Waals surface area contributed by atoms with Gasteiger partial charge in [0.25, 0.3) is 5.91 Å². The molecule has 2 fully saturated rings. The third kappa shape index (κ3) is 1.41. The largest absolute Gasteiger partial charge is 0.325 e. The maximum atomic E-state index is 11.4. The molecule has 2 rings (SSSR count). The van der Waals surface area contributed by atoms with E-state index in [2.05, 4.69) is 10.6 Å². The number of carbonyl (C=O) groups is 2. The van der Waals surface area contributed by atoms with Crippen LogP contribution in [0, 0.1) is 0 Å². The second kappa shape index (κ2) is 2.90. The number of amides is 3. The Labute approximate surface area is 80.8 Å². The summed E-state index contributed by atoms with van der Waals surface area (Å²) in [5, 5.41) is 4.93. The van der Waals surface area contributed by atoms with Gasteiger partial charge in [-0.05, 0) is 25.5 Å². The maximum Gasteiger partial charge on any atom is 0.322 e. The molecule has 2 aliphatic rings. The molecule has 2 unspecified atom stereocenters. The van der Waals surface area contributed by atoms with E-state index in [9.17, 15) is 9.59 Å². The van der Waals surface area contributed by atoms with E-state index in [1.54, 1.807) is 11.8 Å². The average molecular weight is 200 g/mol. The summed E-state index contributed by atoms with van der Waals surface area (Å²) in [6.07, 6.45) is 2.12. The number of urea groups is 1. The standard InChI is InChI=1S/C8H12N2O2S/c1-8(3-2-4-13-8)5-6(11)10-7(12)9-5/h5H,2-4H2,1H3,(H2,9,10,11,12). The SMILES string of the molecule is CC1(C2NC(=O)NC2=O)CCCS1. The Morgan fingerprint density at radius 1 is 1.54 bits per heavy atom. The van der Waals surface area contributed by atoms with E-state index < -0.39 is 0 Å². The van der Waals surface area contributed by atoms with Gasteiger partial charge in [-0.1, -0.05) is 0 Å². The summed E-state index contributed by atoms with van der Waals surface area (Å²) in [4.78, 5) is 22.3. The predicted octanol–water partition coefficient (Wildman–Crippen LogP) is 0.480. The van der Waals surface area contributed by atoms with Crippen LogP contribution >= 0.6 is 11.8 Å². The van der Waals surface area contributed by atoms with Crippen molar-refractivity contribution in [1.82, 2.24) is 10.6 Å². The first-order valence-electron chi connectivity index (χ1n) is 4.37. The number of nitrogens with one attached hydrogen (secondary N) is 2. The van der Waals surface area contributed by atoms with Gasteiger partial charge in [-0.15, -0.1) is 0 Å². The van der Waals surface area contributed by atoms with Gasteiger partial charge in [-0.3, -0.25) is 10.1 Å². The Morgan fingerprint density at radius 3 is 2.77 bits per heavy atom. The Morgan fingerprint density at radius 2 is 2.31 bits per heavy atom. The van der Waals surface area contributed by atoms with Gasteiger partial charge < -0.3 is 5.32 Å². The number of hydrogen-bond donors (Lipinski definition) is 2. The molecule has 13 heavy (non-hydrogen) atoms. The van der Waals surface area contributed by atoms with Crippen LogP contribution in [0.3, 0.4) is 0 Å². The lowest BCUT2D eigenvalue weighted by Gasteiger charge is -2.27. The zero-order valence-electron chi connectivity index (χ0n) is 7.42. The normalized spacial score (nSPS) is 39.0. The van der Waals surface area contributed by atoms with Crippen molar-refractivity contribution in [2.24, 2.45) is 0 Å². The Hall–Kier alpha value is -0.710. The van der Waals surface area contributed by atoms with Crippen molar-refractivity contribution in [3.63, 3.8) is 0 Å². The molecule has 5 heteroatoms. The lowest BCUT2D eigenvalue weighted by Crippen LogP contribution is -2.46. The highest BCUT2D eigenvalue weighted by Crippen LogP contribution is 2.41. The van der Waals surface area contributed by atoms with Crippen LogP contribution in [0.4, 0.5) is 4.79 Å². The average Bonchev–Trinajstić information content (AvgIpc) is 2.59. The summed E-state index contributed by atoms with van der Waals surface area (Å²) < 4.78 is -0.101. The maximum absolute atomic E-state index is 11.4. The monoisotopic (exact) mass is 200 g/mol. The molecule has 0 spiro atoms. The van der Waals surface area contributed by atoms with E-state index in [0.717, 1.165) is 18.6 Å². The van der Waals surface area contributed by atoms with Crippen LogP contribution < -0.4 is 10.6 Å². The highest BCUT2D eigenvalue weighted by Gasteiger charge is 2.46. The molecule has 0 aromatic carbocycles. The van der Waals surface area contributed by atoms with Crippen LogP contribution in [0.5, 0.6) is 0 Å². The first kappa shape index (κ1) is 8.87. The zero-order valence-corrected chi connectivity index (χ0v) is 8.24. The number of thioether (sulfide) groups is 1. The Balaban J connectivity index is 2.16. The van der Waals surface area contributed by atoms with Gasteiger partial charge in [0.1, 0.15) is 6.04 Å².